The highest BCUT2D eigenvalue weighted by molar-refractivity contribution is 5.93. The molecule has 0 aliphatic rings. The van der Waals surface area contributed by atoms with Crippen molar-refractivity contribution in [3.8, 4) is 6.07 Å². The van der Waals surface area contributed by atoms with Crippen molar-refractivity contribution >= 4 is 17.7 Å². The van der Waals surface area contributed by atoms with Gasteiger partial charge >= 0.3 is 12.0 Å². The SMILES string of the molecule is COC(=O)c1cccc(NC(=O)NCC#N)c1. The first-order valence-electron chi connectivity index (χ1n) is 4.77. The summed E-state index contributed by atoms with van der Waals surface area (Å²) in [4.78, 5) is 22.5. The lowest BCUT2D eigenvalue weighted by molar-refractivity contribution is 0.0600. The maximum atomic E-state index is 11.2. The van der Waals surface area contributed by atoms with Crippen LogP contribution in [0.2, 0.25) is 0 Å². The van der Waals surface area contributed by atoms with E-state index in [1.165, 1.54) is 13.2 Å². The van der Waals surface area contributed by atoms with E-state index in [9.17, 15) is 9.59 Å². The fraction of sp³-hybridized carbons (Fsp3) is 0.182. The van der Waals surface area contributed by atoms with Gasteiger partial charge < -0.3 is 15.4 Å². The van der Waals surface area contributed by atoms with E-state index in [2.05, 4.69) is 15.4 Å². The van der Waals surface area contributed by atoms with Gasteiger partial charge in [0.1, 0.15) is 6.54 Å². The van der Waals surface area contributed by atoms with Crippen LogP contribution in [0.1, 0.15) is 10.4 Å². The van der Waals surface area contributed by atoms with Gasteiger partial charge in [-0.25, -0.2) is 9.59 Å². The molecule has 0 atom stereocenters. The Balaban J connectivity index is 2.69. The number of urea groups is 1. The monoisotopic (exact) mass is 233 g/mol. The Bertz CT molecular complexity index is 465. The molecule has 2 N–H and O–H groups in total. The normalized spacial score (nSPS) is 8.94. The van der Waals surface area contributed by atoms with Gasteiger partial charge in [0.05, 0.1) is 18.7 Å². The zero-order valence-electron chi connectivity index (χ0n) is 9.19. The number of nitrogens with zero attached hydrogens (tertiary/aromatic N) is 1. The Morgan fingerprint density at radius 3 is 2.88 bits per heavy atom. The molecule has 0 spiro atoms. The number of hydrogen-bond acceptors (Lipinski definition) is 4. The van der Waals surface area contributed by atoms with Crippen LogP contribution in [0, 0.1) is 11.3 Å². The van der Waals surface area contributed by atoms with Crippen molar-refractivity contribution in [2.45, 2.75) is 0 Å². The summed E-state index contributed by atoms with van der Waals surface area (Å²) in [5.41, 5.74) is 0.786. The summed E-state index contributed by atoms with van der Waals surface area (Å²) < 4.78 is 4.55. The fourth-order valence-corrected chi connectivity index (χ4v) is 1.14. The summed E-state index contributed by atoms with van der Waals surface area (Å²) in [5.74, 6) is -0.480. The minimum absolute atomic E-state index is 0.0808. The largest absolute Gasteiger partial charge is 0.465 e. The summed E-state index contributed by atoms with van der Waals surface area (Å²) in [6.07, 6.45) is 0. The van der Waals surface area contributed by atoms with Crippen LogP contribution in [0.3, 0.4) is 0 Å². The summed E-state index contributed by atoms with van der Waals surface area (Å²) in [7, 11) is 1.28. The molecule has 0 aliphatic heterocycles. The lowest BCUT2D eigenvalue weighted by atomic mass is 10.2. The molecule has 0 bridgehead atoms. The van der Waals surface area contributed by atoms with Crippen LogP contribution in [0.4, 0.5) is 10.5 Å². The van der Waals surface area contributed by atoms with E-state index in [-0.39, 0.29) is 6.54 Å². The van der Waals surface area contributed by atoms with Gasteiger partial charge in [0.15, 0.2) is 0 Å². The third-order valence-electron chi connectivity index (χ3n) is 1.87. The first kappa shape index (κ1) is 12.5. The highest BCUT2D eigenvalue weighted by Crippen LogP contribution is 2.11. The topological polar surface area (TPSA) is 91.2 Å². The molecule has 0 aliphatic carbocycles. The number of hydrogen-bond donors (Lipinski definition) is 2. The Kier molecular flexibility index (Phi) is 4.51. The molecule has 0 unspecified atom stereocenters. The minimum Gasteiger partial charge on any atom is -0.465 e. The summed E-state index contributed by atoms with van der Waals surface area (Å²) >= 11 is 0. The predicted molar refractivity (Wildman–Crippen MR) is 60.4 cm³/mol. The molecule has 17 heavy (non-hydrogen) atoms. The summed E-state index contributed by atoms with van der Waals surface area (Å²) in [6, 6.07) is 7.57. The molecule has 88 valence electrons. The number of carbonyl (C=O) groups excluding carboxylic acids is 2. The second-order valence-corrected chi connectivity index (χ2v) is 3.04. The molecule has 0 fully saturated rings. The molecule has 1 rings (SSSR count). The molecule has 1 aromatic rings. The van der Waals surface area contributed by atoms with Crippen LogP contribution in [-0.4, -0.2) is 25.7 Å². The van der Waals surface area contributed by atoms with E-state index in [1.54, 1.807) is 24.3 Å². The molecular weight excluding hydrogens is 222 g/mol. The Hall–Kier alpha value is -2.55. The van der Waals surface area contributed by atoms with Gasteiger partial charge in [-0.05, 0) is 18.2 Å². The number of esters is 1. The zero-order chi connectivity index (χ0) is 12.7. The van der Waals surface area contributed by atoms with Gasteiger partial charge in [0, 0.05) is 5.69 Å². The minimum atomic E-state index is -0.506. The van der Waals surface area contributed by atoms with Crippen LogP contribution < -0.4 is 10.6 Å². The van der Waals surface area contributed by atoms with Crippen LogP contribution >= 0.6 is 0 Å². The van der Waals surface area contributed by atoms with Crippen LogP contribution in [0.5, 0.6) is 0 Å². The third-order valence-corrected chi connectivity index (χ3v) is 1.87. The third kappa shape index (κ3) is 3.83. The van der Waals surface area contributed by atoms with E-state index in [4.69, 9.17) is 5.26 Å². The van der Waals surface area contributed by atoms with Gasteiger partial charge in [-0.1, -0.05) is 6.07 Å². The van der Waals surface area contributed by atoms with E-state index < -0.39 is 12.0 Å². The molecule has 0 radical (unpaired) electrons. The highest BCUT2D eigenvalue weighted by Gasteiger charge is 2.06. The van der Waals surface area contributed by atoms with E-state index >= 15 is 0 Å². The quantitative estimate of drug-likeness (QED) is 0.604. The number of nitriles is 1. The molecule has 0 saturated heterocycles. The Morgan fingerprint density at radius 1 is 1.47 bits per heavy atom. The van der Waals surface area contributed by atoms with Gasteiger partial charge in [0.2, 0.25) is 0 Å². The predicted octanol–water partition coefficient (Wildman–Crippen LogP) is 1.12. The van der Waals surface area contributed by atoms with Crippen molar-refractivity contribution in [2.24, 2.45) is 0 Å². The summed E-state index contributed by atoms with van der Waals surface area (Å²) in [6.45, 7) is -0.0808. The smallest absolute Gasteiger partial charge is 0.337 e. The second-order valence-electron chi connectivity index (χ2n) is 3.04. The van der Waals surface area contributed by atoms with E-state index in [0.717, 1.165) is 0 Å². The molecule has 0 saturated carbocycles. The fourth-order valence-electron chi connectivity index (χ4n) is 1.14. The number of benzene rings is 1. The molecular formula is C11H11N3O3. The van der Waals surface area contributed by atoms with Gasteiger partial charge in [-0.3, -0.25) is 0 Å². The van der Waals surface area contributed by atoms with Crippen LogP contribution in [0.15, 0.2) is 24.3 Å². The Labute approximate surface area is 98.2 Å². The molecule has 6 nitrogen and oxygen atoms in total. The molecule has 2 amide bonds. The van der Waals surface area contributed by atoms with Crippen molar-refractivity contribution < 1.29 is 14.3 Å². The summed E-state index contributed by atoms with van der Waals surface area (Å²) in [5, 5.41) is 13.1. The zero-order valence-corrected chi connectivity index (χ0v) is 9.19. The van der Waals surface area contributed by atoms with Crippen molar-refractivity contribution in [1.29, 1.82) is 5.26 Å². The van der Waals surface area contributed by atoms with Crippen LogP contribution in [0.25, 0.3) is 0 Å². The van der Waals surface area contributed by atoms with Crippen molar-refractivity contribution in [3.63, 3.8) is 0 Å². The lowest BCUT2D eigenvalue weighted by Gasteiger charge is -2.06. The number of methoxy groups -OCH3 is 1. The molecule has 0 aromatic heterocycles. The van der Waals surface area contributed by atoms with Crippen LogP contribution in [-0.2, 0) is 4.74 Å². The standard InChI is InChI=1S/C11H11N3O3/c1-17-10(15)8-3-2-4-9(7-8)14-11(16)13-6-5-12/h2-4,7H,6H2,1H3,(H2,13,14,16). The number of nitrogens with one attached hydrogen (secondary N) is 2. The maximum Gasteiger partial charge on any atom is 0.337 e. The highest BCUT2D eigenvalue weighted by atomic mass is 16.5. The van der Waals surface area contributed by atoms with E-state index in [0.29, 0.717) is 11.3 Å². The van der Waals surface area contributed by atoms with Gasteiger partial charge in [-0.2, -0.15) is 5.26 Å². The number of ether oxygens (including phenoxy) is 1. The maximum absolute atomic E-state index is 11.2. The number of anilines is 1. The number of carbonyl (C=O) groups is 2. The van der Waals surface area contributed by atoms with Gasteiger partial charge in [-0.15, -0.1) is 0 Å². The average Bonchev–Trinajstić information content (AvgIpc) is 2.35. The van der Waals surface area contributed by atoms with E-state index in [1.807, 2.05) is 0 Å². The lowest BCUT2D eigenvalue weighted by Crippen LogP contribution is -2.28. The molecule has 0 heterocycles. The Morgan fingerprint density at radius 2 is 2.24 bits per heavy atom. The van der Waals surface area contributed by atoms with Crippen molar-refractivity contribution in [2.75, 3.05) is 19.0 Å². The number of amides is 2. The van der Waals surface area contributed by atoms with Gasteiger partial charge in [0.25, 0.3) is 0 Å². The van der Waals surface area contributed by atoms with Crippen molar-refractivity contribution in [3.05, 3.63) is 29.8 Å². The molecule has 1 aromatic carbocycles. The first-order chi connectivity index (χ1) is 8.17. The molecule has 6 heteroatoms. The average molecular weight is 233 g/mol. The number of rotatable bonds is 3. The van der Waals surface area contributed by atoms with Crippen molar-refractivity contribution in [1.82, 2.24) is 5.32 Å². The first-order valence-corrected chi connectivity index (χ1v) is 4.77. The second kappa shape index (κ2) is 6.12.